The molecule has 34 heavy (non-hydrogen) atoms. The van der Waals surface area contributed by atoms with E-state index in [0.29, 0.717) is 12.4 Å². The number of benzene rings is 2. The maximum atomic E-state index is 5.68. The molecule has 7 nitrogen and oxygen atoms in total. The lowest BCUT2D eigenvalue weighted by Gasteiger charge is -2.35. The van der Waals surface area contributed by atoms with E-state index in [0.717, 1.165) is 42.6 Å². The Hall–Kier alpha value is -2.59. The van der Waals surface area contributed by atoms with Crippen molar-refractivity contribution in [3.8, 4) is 17.2 Å². The molecule has 1 fully saturated rings. The van der Waals surface area contributed by atoms with Crippen LogP contribution in [0.4, 0.5) is 0 Å². The number of aromatic nitrogens is 1. The van der Waals surface area contributed by atoms with Crippen molar-refractivity contribution in [3.05, 3.63) is 72.1 Å². The van der Waals surface area contributed by atoms with Crippen LogP contribution >= 0.6 is 24.0 Å². The maximum absolute atomic E-state index is 5.68. The molecule has 3 aromatic rings. The molecule has 1 aliphatic heterocycles. The first-order valence-corrected chi connectivity index (χ1v) is 11.6. The maximum Gasteiger partial charge on any atom is 0.226 e. The van der Waals surface area contributed by atoms with Crippen LogP contribution in [0.5, 0.6) is 5.75 Å². The highest BCUT2D eigenvalue weighted by molar-refractivity contribution is 14.0. The Bertz CT molecular complexity index is 1030. The van der Waals surface area contributed by atoms with Crippen molar-refractivity contribution in [2.75, 3.05) is 33.8 Å². The molecule has 1 unspecified atom stereocenters. The van der Waals surface area contributed by atoms with E-state index in [9.17, 15) is 0 Å². The van der Waals surface area contributed by atoms with Crippen molar-refractivity contribution in [2.24, 2.45) is 4.99 Å². The molecule has 8 heteroatoms. The Morgan fingerprint density at radius 1 is 1.06 bits per heavy atom. The molecule has 1 aliphatic rings. The Labute approximate surface area is 219 Å². The molecule has 0 saturated carbocycles. The van der Waals surface area contributed by atoms with Gasteiger partial charge in [0.25, 0.3) is 0 Å². The SMILES string of the molecule is CN=C(NCc1coc(-c2ccccc2)n1)NCC(c1ccccc1OC)N1CCCCC1.I. The van der Waals surface area contributed by atoms with Gasteiger partial charge in [0.05, 0.1) is 25.4 Å². The number of piperidine rings is 1. The second-order valence-corrected chi connectivity index (χ2v) is 8.17. The van der Waals surface area contributed by atoms with E-state index in [-0.39, 0.29) is 30.0 Å². The summed E-state index contributed by atoms with van der Waals surface area (Å²) in [6.07, 6.45) is 5.45. The predicted molar refractivity (Wildman–Crippen MR) is 147 cm³/mol. The highest BCUT2D eigenvalue weighted by atomic mass is 127. The minimum Gasteiger partial charge on any atom is -0.496 e. The number of halogens is 1. The van der Waals surface area contributed by atoms with Crippen LogP contribution in [-0.2, 0) is 6.54 Å². The summed E-state index contributed by atoms with van der Waals surface area (Å²) >= 11 is 0. The highest BCUT2D eigenvalue weighted by Crippen LogP contribution is 2.30. The average molecular weight is 575 g/mol. The smallest absolute Gasteiger partial charge is 0.226 e. The summed E-state index contributed by atoms with van der Waals surface area (Å²) in [7, 11) is 3.52. The van der Waals surface area contributed by atoms with Gasteiger partial charge in [0, 0.05) is 24.7 Å². The zero-order chi connectivity index (χ0) is 22.9. The third-order valence-corrected chi connectivity index (χ3v) is 6.03. The number of guanidine groups is 1. The molecule has 4 rings (SSSR count). The van der Waals surface area contributed by atoms with Gasteiger partial charge in [-0.2, -0.15) is 0 Å². The molecule has 0 radical (unpaired) electrons. The summed E-state index contributed by atoms with van der Waals surface area (Å²) in [5, 5.41) is 6.86. The largest absolute Gasteiger partial charge is 0.496 e. The first-order valence-electron chi connectivity index (χ1n) is 11.6. The summed E-state index contributed by atoms with van der Waals surface area (Å²) in [6, 6.07) is 18.4. The first-order chi connectivity index (χ1) is 16.3. The number of likely N-dealkylation sites (tertiary alicyclic amines) is 1. The minimum atomic E-state index is 0. The van der Waals surface area contributed by atoms with E-state index in [1.807, 2.05) is 42.5 Å². The van der Waals surface area contributed by atoms with Gasteiger partial charge in [-0.05, 0) is 44.1 Å². The van der Waals surface area contributed by atoms with E-state index in [4.69, 9.17) is 9.15 Å². The summed E-state index contributed by atoms with van der Waals surface area (Å²) in [5.41, 5.74) is 3.00. The molecule has 2 heterocycles. The van der Waals surface area contributed by atoms with Crippen LogP contribution in [0.25, 0.3) is 11.5 Å². The van der Waals surface area contributed by atoms with Gasteiger partial charge in [0.1, 0.15) is 12.0 Å². The Morgan fingerprint density at radius 2 is 1.79 bits per heavy atom. The molecule has 1 aromatic heterocycles. The minimum absolute atomic E-state index is 0. The van der Waals surface area contributed by atoms with Crippen molar-refractivity contribution >= 4 is 29.9 Å². The highest BCUT2D eigenvalue weighted by Gasteiger charge is 2.25. The molecular formula is C26H34IN5O2. The van der Waals surface area contributed by atoms with Crippen LogP contribution in [-0.4, -0.2) is 49.6 Å². The van der Waals surface area contributed by atoms with Gasteiger partial charge in [-0.3, -0.25) is 9.89 Å². The molecular weight excluding hydrogens is 541 g/mol. The molecule has 1 saturated heterocycles. The van der Waals surface area contributed by atoms with E-state index >= 15 is 0 Å². The third kappa shape index (κ3) is 6.73. The second-order valence-electron chi connectivity index (χ2n) is 8.17. The number of nitrogens with zero attached hydrogens (tertiary/aromatic N) is 3. The van der Waals surface area contributed by atoms with Crippen molar-refractivity contribution in [3.63, 3.8) is 0 Å². The third-order valence-electron chi connectivity index (χ3n) is 6.03. The monoisotopic (exact) mass is 575 g/mol. The molecule has 2 aromatic carbocycles. The second kappa shape index (κ2) is 13.3. The summed E-state index contributed by atoms with van der Waals surface area (Å²) < 4.78 is 11.3. The Kier molecular flexibility index (Phi) is 10.2. The predicted octanol–water partition coefficient (Wildman–Crippen LogP) is 4.86. The Balaban J connectivity index is 0.00000324. The van der Waals surface area contributed by atoms with E-state index < -0.39 is 0 Å². The van der Waals surface area contributed by atoms with Gasteiger partial charge < -0.3 is 19.8 Å². The van der Waals surface area contributed by atoms with Crippen LogP contribution in [0.1, 0.15) is 36.6 Å². The first kappa shape index (κ1) is 26.0. The summed E-state index contributed by atoms with van der Waals surface area (Å²) in [6.45, 7) is 3.45. The number of para-hydroxylation sites is 1. The van der Waals surface area contributed by atoms with E-state index in [1.54, 1.807) is 20.4 Å². The number of oxazole rings is 1. The van der Waals surface area contributed by atoms with Gasteiger partial charge in [-0.15, -0.1) is 24.0 Å². The molecule has 0 spiro atoms. The van der Waals surface area contributed by atoms with Gasteiger partial charge in [0.2, 0.25) is 5.89 Å². The lowest BCUT2D eigenvalue weighted by atomic mass is 10.0. The van der Waals surface area contributed by atoms with E-state index in [1.165, 1.54) is 24.8 Å². The number of aliphatic imine (C=N–C) groups is 1. The lowest BCUT2D eigenvalue weighted by Crippen LogP contribution is -2.44. The van der Waals surface area contributed by atoms with Crippen LogP contribution in [0.2, 0.25) is 0 Å². The number of ether oxygens (including phenoxy) is 1. The van der Waals surface area contributed by atoms with Crippen molar-refractivity contribution in [1.29, 1.82) is 0 Å². The van der Waals surface area contributed by atoms with Crippen LogP contribution in [0, 0.1) is 0 Å². The normalized spacial score (nSPS) is 15.3. The van der Waals surface area contributed by atoms with Crippen molar-refractivity contribution in [1.82, 2.24) is 20.5 Å². The fourth-order valence-corrected chi connectivity index (χ4v) is 4.30. The van der Waals surface area contributed by atoms with Gasteiger partial charge in [0.15, 0.2) is 5.96 Å². The summed E-state index contributed by atoms with van der Waals surface area (Å²) in [5.74, 6) is 2.28. The topological polar surface area (TPSA) is 74.9 Å². The average Bonchev–Trinajstić information content (AvgIpc) is 3.36. The zero-order valence-corrected chi connectivity index (χ0v) is 22.2. The molecule has 0 aliphatic carbocycles. The van der Waals surface area contributed by atoms with Crippen LogP contribution in [0.15, 0.2) is 70.3 Å². The molecule has 0 bridgehead atoms. The van der Waals surface area contributed by atoms with Crippen molar-refractivity contribution in [2.45, 2.75) is 31.8 Å². The number of hydrogen-bond donors (Lipinski definition) is 2. The number of methoxy groups -OCH3 is 1. The fourth-order valence-electron chi connectivity index (χ4n) is 4.30. The molecule has 0 amide bonds. The van der Waals surface area contributed by atoms with E-state index in [2.05, 4.69) is 37.6 Å². The van der Waals surface area contributed by atoms with Gasteiger partial charge >= 0.3 is 0 Å². The van der Waals surface area contributed by atoms with Crippen LogP contribution < -0.4 is 15.4 Å². The fraction of sp³-hybridized carbons (Fsp3) is 0.385. The van der Waals surface area contributed by atoms with Gasteiger partial charge in [-0.1, -0.05) is 42.8 Å². The molecule has 182 valence electrons. The van der Waals surface area contributed by atoms with Crippen molar-refractivity contribution < 1.29 is 9.15 Å². The Morgan fingerprint density at radius 3 is 2.53 bits per heavy atom. The summed E-state index contributed by atoms with van der Waals surface area (Å²) in [4.78, 5) is 11.5. The number of hydrogen-bond acceptors (Lipinski definition) is 5. The molecule has 2 N–H and O–H groups in total. The molecule has 1 atom stereocenters. The quantitative estimate of drug-likeness (QED) is 0.227. The van der Waals surface area contributed by atoms with Gasteiger partial charge in [-0.25, -0.2) is 4.98 Å². The number of nitrogens with one attached hydrogen (secondary N) is 2. The standard InChI is InChI=1S/C26H33N5O2.HI/c1-27-26(28-17-21-19-33-25(30-21)20-11-5-3-6-12-20)29-18-23(31-15-9-4-10-16-31)22-13-7-8-14-24(22)32-2;/h3,5-8,11-14,19,23H,4,9-10,15-18H2,1-2H3,(H2,27,28,29);1H. The zero-order valence-electron chi connectivity index (χ0n) is 19.9. The number of rotatable bonds is 8. The van der Waals surface area contributed by atoms with Crippen LogP contribution in [0.3, 0.4) is 0 Å². The lowest BCUT2D eigenvalue weighted by molar-refractivity contribution is 0.161.